The second-order valence-electron chi connectivity index (χ2n) is 2.57. The molecule has 0 aliphatic heterocycles. The maximum Gasteiger partial charge on any atom is 0.380 e. The molecule has 15 heavy (non-hydrogen) atoms. The fraction of sp³-hybridized carbons (Fsp3) is 0.250. The molecule has 0 bridgehead atoms. The molecule has 0 saturated heterocycles. The van der Waals surface area contributed by atoms with Crippen LogP contribution in [-0.2, 0) is 10.3 Å². The third-order valence-corrected chi connectivity index (χ3v) is 1.98. The van der Waals surface area contributed by atoms with E-state index in [1.807, 2.05) is 0 Å². The lowest BCUT2D eigenvalue weighted by Crippen LogP contribution is -2.19. The molecule has 0 aliphatic carbocycles. The van der Waals surface area contributed by atoms with Gasteiger partial charge in [-0.2, -0.15) is 13.6 Å². The third-order valence-electron chi connectivity index (χ3n) is 1.57. The minimum Gasteiger partial charge on any atom is -0.493 e. The van der Waals surface area contributed by atoms with Crippen LogP contribution in [0, 0.1) is 0 Å². The highest BCUT2D eigenvalue weighted by molar-refractivity contribution is 7.84. The lowest BCUT2D eigenvalue weighted by Gasteiger charge is -2.11. The lowest BCUT2D eigenvalue weighted by molar-refractivity contribution is 0.343. The van der Waals surface area contributed by atoms with Crippen LogP contribution in [0.2, 0.25) is 0 Å². The minimum absolute atomic E-state index is 0.0145. The molecule has 1 rings (SSSR count). The highest BCUT2D eigenvalue weighted by Gasteiger charge is 2.14. The summed E-state index contributed by atoms with van der Waals surface area (Å²) in [5.41, 5.74) is 0. The van der Waals surface area contributed by atoms with Crippen molar-refractivity contribution in [3.63, 3.8) is 0 Å². The summed E-state index contributed by atoms with van der Waals surface area (Å²) in [4.78, 5) is 0. The summed E-state index contributed by atoms with van der Waals surface area (Å²) >= 11 is 0. The first-order valence-electron chi connectivity index (χ1n) is 3.91. The van der Waals surface area contributed by atoms with Crippen LogP contribution in [-0.4, -0.2) is 22.6 Å². The fourth-order valence-corrected chi connectivity index (χ4v) is 1.43. The Bertz CT molecular complexity index is 442. The van der Waals surface area contributed by atoms with Crippen LogP contribution >= 0.6 is 0 Å². The maximum atomic E-state index is 10.7. The van der Waals surface area contributed by atoms with Gasteiger partial charge < -0.3 is 13.7 Å². The Morgan fingerprint density at radius 3 is 2.20 bits per heavy atom. The Morgan fingerprint density at radius 1 is 1.13 bits per heavy atom. The Morgan fingerprint density at radius 2 is 1.73 bits per heavy atom. The van der Waals surface area contributed by atoms with Crippen LogP contribution < -0.4 is 18.8 Å². The number of hydrogen-bond donors (Lipinski definition) is 1. The van der Waals surface area contributed by atoms with Gasteiger partial charge in [0.05, 0.1) is 14.2 Å². The number of hydrogen-bond acceptors (Lipinski definition) is 5. The molecule has 0 heterocycles. The number of ether oxygens (including phenoxy) is 2. The van der Waals surface area contributed by atoms with E-state index < -0.39 is 10.3 Å². The predicted molar refractivity (Wildman–Crippen MR) is 53.3 cm³/mol. The first kappa shape index (κ1) is 11.6. The van der Waals surface area contributed by atoms with Crippen molar-refractivity contribution in [1.82, 2.24) is 0 Å². The standard InChI is InChI=1S/C8H11NO5S/c1-12-6-4-3-5-7(8(6)13-2)14-15(9,10)11/h3-5H,1-2H3,(H2,9,10,11). The third kappa shape index (κ3) is 3.00. The van der Waals surface area contributed by atoms with Gasteiger partial charge in [-0.3, -0.25) is 0 Å². The molecule has 0 radical (unpaired) electrons. The fourth-order valence-electron chi connectivity index (χ4n) is 1.05. The molecule has 1 aromatic rings. The zero-order valence-corrected chi connectivity index (χ0v) is 9.08. The van der Waals surface area contributed by atoms with Gasteiger partial charge in [-0.25, -0.2) is 0 Å². The molecule has 6 nitrogen and oxygen atoms in total. The summed E-state index contributed by atoms with van der Waals surface area (Å²) in [6.45, 7) is 0. The van der Waals surface area contributed by atoms with Crippen LogP contribution in [0.25, 0.3) is 0 Å². The summed E-state index contributed by atoms with van der Waals surface area (Å²) < 4.78 is 35.9. The van der Waals surface area contributed by atoms with E-state index in [2.05, 4.69) is 4.18 Å². The average Bonchev–Trinajstić information content (AvgIpc) is 2.15. The minimum atomic E-state index is -4.07. The van der Waals surface area contributed by atoms with Gasteiger partial charge in [0.1, 0.15) is 0 Å². The van der Waals surface area contributed by atoms with E-state index in [0.717, 1.165) is 0 Å². The number of para-hydroxylation sites is 1. The van der Waals surface area contributed by atoms with E-state index >= 15 is 0 Å². The van der Waals surface area contributed by atoms with Gasteiger partial charge in [-0.15, -0.1) is 0 Å². The summed E-state index contributed by atoms with van der Waals surface area (Å²) in [6.07, 6.45) is 0. The second kappa shape index (κ2) is 4.37. The molecule has 0 amide bonds. The predicted octanol–water partition coefficient (Wildman–Crippen LogP) is 0.286. The van der Waals surface area contributed by atoms with Gasteiger partial charge in [0.25, 0.3) is 0 Å². The van der Waals surface area contributed by atoms with E-state index in [4.69, 9.17) is 14.6 Å². The highest BCUT2D eigenvalue weighted by atomic mass is 32.2. The maximum absolute atomic E-state index is 10.7. The second-order valence-corrected chi connectivity index (χ2v) is 3.72. The molecular formula is C8H11NO5S. The molecule has 2 N–H and O–H groups in total. The molecule has 0 saturated carbocycles. The monoisotopic (exact) mass is 233 g/mol. The molecule has 0 spiro atoms. The molecule has 0 atom stereocenters. The Kier molecular flexibility index (Phi) is 3.38. The molecule has 0 fully saturated rings. The van der Waals surface area contributed by atoms with E-state index in [-0.39, 0.29) is 11.5 Å². The molecular weight excluding hydrogens is 222 g/mol. The molecule has 84 valence electrons. The van der Waals surface area contributed by atoms with Crippen LogP contribution in [0.15, 0.2) is 18.2 Å². The zero-order valence-electron chi connectivity index (χ0n) is 8.26. The number of benzene rings is 1. The average molecular weight is 233 g/mol. The van der Waals surface area contributed by atoms with Gasteiger partial charge in [0.15, 0.2) is 11.5 Å². The summed E-state index contributed by atoms with van der Waals surface area (Å²) in [5, 5.41) is 4.74. The van der Waals surface area contributed by atoms with E-state index in [9.17, 15) is 8.42 Å². The highest BCUT2D eigenvalue weighted by Crippen LogP contribution is 2.36. The zero-order chi connectivity index (χ0) is 11.5. The van der Waals surface area contributed by atoms with Crippen molar-refractivity contribution in [2.24, 2.45) is 5.14 Å². The van der Waals surface area contributed by atoms with Crippen molar-refractivity contribution in [3.05, 3.63) is 18.2 Å². The van der Waals surface area contributed by atoms with Crippen molar-refractivity contribution in [2.75, 3.05) is 14.2 Å². The summed E-state index contributed by atoms with van der Waals surface area (Å²) in [6, 6.07) is 4.57. The Hall–Kier alpha value is -1.47. The normalized spacial score (nSPS) is 10.9. The van der Waals surface area contributed by atoms with Gasteiger partial charge >= 0.3 is 10.3 Å². The van der Waals surface area contributed by atoms with E-state index in [1.165, 1.54) is 20.3 Å². The van der Waals surface area contributed by atoms with E-state index in [1.54, 1.807) is 12.1 Å². The van der Waals surface area contributed by atoms with Gasteiger partial charge in [-0.1, -0.05) is 6.07 Å². The SMILES string of the molecule is COc1cccc(OS(N)(=O)=O)c1OC. The van der Waals surface area contributed by atoms with Crippen molar-refractivity contribution in [2.45, 2.75) is 0 Å². The molecule has 1 aromatic carbocycles. The van der Waals surface area contributed by atoms with Crippen molar-refractivity contribution >= 4 is 10.3 Å². The number of nitrogens with two attached hydrogens (primary N) is 1. The van der Waals surface area contributed by atoms with Crippen molar-refractivity contribution in [1.29, 1.82) is 0 Å². The van der Waals surface area contributed by atoms with Crippen molar-refractivity contribution in [3.8, 4) is 17.2 Å². The van der Waals surface area contributed by atoms with Gasteiger partial charge in [-0.05, 0) is 12.1 Å². The molecule has 0 unspecified atom stereocenters. The molecule has 0 aliphatic rings. The quantitative estimate of drug-likeness (QED) is 0.807. The van der Waals surface area contributed by atoms with E-state index in [0.29, 0.717) is 5.75 Å². The van der Waals surface area contributed by atoms with Crippen LogP contribution in [0.3, 0.4) is 0 Å². The smallest absolute Gasteiger partial charge is 0.380 e. The first-order valence-corrected chi connectivity index (χ1v) is 5.38. The number of rotatable bonds is 4. The van der Waals surface area contributed by atoms with Gasteiger partial charge in [0, 0.05) is 0 Å². The van der Waals surface area contributed by atoms with Crippen molar-refractivity contribution < 1.29 is 22.1 Å². The van der Waals surface area contributed by atoms with Gasteiger partial charge in [0.2, 0.25) is 5.75 Å². The summed E-state index contributed by atoms with van der Waals surface area (Å²) in [5.74, 6) is 0.520. The molecule has 7 heteroatoms. The Balaban J connectivity index is 3.18. The van der Waals surface area contributed by atoms with Crippen LogP contribution in [0.4, 0.5) is 0 Å². The first-order chi connectivity index (χ1) is 6.98. The van der Waals surface area contributed by atoms with Crippen LogP contribution in [0.5, 0.6) is 17.2 Å². The number of methoxy groups -OCH3 is 2. The topological polar surface area (TPSA) is 87.9 Å². The van der Waals surface area contributed by atoms with Crippen LogP contribution in [0.1, 0.15) is 0 Å². The largest absolute Gasteiger partial charge is 0.493 e. The lowest BCUT2D eigenvalue weighted by atomic mass is 10.3. The Labute approximate surface area is 87.8 Å². The summed E-state index contributed by atoms with van der Waals surface area (Å²) in [7, 11) is -1.27. The molecule has 0 aromatic heterocycles.